The van der Waals surface area contributed by atoms with Crippen molar-refractivity contribution in [2.24, 2.45) is 0 Å². The van der Waals surface area contributed by atoms with E-state index in [2.05, 4.69) is 20.5 Å². The largest absolute Gasteiger partial charge is 0.398 e. The van der Waals surface area contributed by atoms with Crippen LogP contribution in [0.3, 0.4) is 0 Å². The third kappa shape index (κ3) is 2.45. The number of rotatable bonds is 3. The van der Waals surface area contributed by atoms with Crippen LogP contribution < -0.4 is 11.1 Å². The van der Waals surface area contributed by atoms with Crippen LogP contribution in [0.4, 0.5) is 10.1 Å². The normalized spacial score (nSPS) is 12.1. The lowest BCUT2D eigenvalue weighted by molar-refractivity contribution is 0.0939. The molecule has 0 aliphatic heterocycles. The second-order valence-corrected chi connectivity index (χ2v) is 3.80. The van der Waals surface area contributed by atoms with Crippen LogP contribution in [0.5, 0.6) is 0 Å². The van der Waals surface area contributed by atoms with Crippen molar-refractivity contribution in [1.29, 1.82) is 0 Å². The Balaban J connectivity index is 2.15. The number of aromatic nitrogens is 3. The molecule has 1 unspecified atom stereocenters. The van der Waals surface area contributed by atoms with E-state index < -0.39 is 11.7 Å². The van der Waals surface area contributed by atoms with Gasteiger partial charge in [0.1, 0.15) is 18.0 Å². The van der Waals surface area contributed by atoms with Crippen LogP contribution in [0.15, 0.2) is 24.5 Å². The zero-order chi connectivity index (χ0) is 13.1. The van der Waals surface area contributed by atoms with Crippen molar-refractivity contribution in [3.8, 4) is 0 Å². The number of nitrogens with one attached hydrogen (secondary N) is 2. The van der Waals surface area contributed by atoms with Gasteiger partial charge in [0.15, 0.2) is 0 Å². The van der Waals surface area contributed by atoms with E-state index in [9.17, 15) is 9.18 Å². The molecule has 1 heterocycles. The minimum atomic E-state index is -0.512. The molecule has 0 fully saturated rings. The maximum atomic E-state index is 13.1. The van der Waals surface area contributed by atoms with Gasteiger partial charge in [-0.3, -0.25) is 9.89 Å². The van der Waals surface area contributed by atoms with Crippen LogP contribution in [-0.2, 0) is 0 Å². The maximum Gasteiger partial charge on any atom is 0.254 e. The lowest BCUT2D eigenvalue weighted by atomic mass is 10.1. The van der Waals surface area contributed by atoms with Gasteiger partial charge in [-0.1, -0.05) is 0 Å². The molecule has 0 radical (unpaired) electrons. The van der Waals surface area contributed by atoms with E-state index in [1.807, 2.05) is 0 Å². The van der Waals surface area contributed by atoms with Crippen molar-refractivity contribution in [1.82, 2.24) is 20.5 Å². The zero-order valence-electron chi connectivity index (χ0n) is 9.64. The quantitative estimate of drug-likeness (QED) is 0.707. The molecule has 2 rings (SSSR count). The van der Waals surface area contributed by atoms with Gasteiger partial charge in [0.25, 0.3) is 5.91 Å². The van der Waals surface area contributed by atoms with Gasteiger partial charge >= 0.3 is 0 Å². The SMILES string of the molecule is CC(NC(=O)c1cc(F)ccc1N)c1ncn[nH]1. The van der Waals surface area contributed by atoms with Gasteiger partial charge in [-0.25, -0.2) is 9.37 Å². The predicted octanol–water partition coefficient (Wildman–Crippen LogP) is 1.02. The lowest BCUT2D eigenvalue weighted by Crippen LogP contribution is -2.28. The van der Waals surface area contributed by atoms with Gasteiger partial charge < -0.3 is 11.1 Å². The van der Waals surface area contributed by atoms with E-state index in [-0.39, 0.29) is 17.3 Å². The molecule has 94 valence electrons. The number of carbonyl (C=O) groups is 1. The maximum absolute atomic E-state index is 13.1. The Morgan fingerprint density at radius 1 is 1.56 bits per heavy atom. The summed E-state index contributed by atoms with van der Waals surface area (Å²) in [5.74, 6) is -0.462. The van der Waals surface area contributed by atoms with E-state index in [1.165, 1.54) is 18.5 Å². The Morgan fingerprint density at radius 2 is 2.33 bits per heavy atom. The molecule has 6 nitrogen and oxygen atoms in total. The average molecular weight is 249 g/mol. The highest BCUT2D eigenvalue weighted by Crippen LogP contribution is 2.15. The molecule has 1 atom stereocenters. The molecule has 0 aliphatic rings. The van der Waals surface area contributed by atoms with Crippen molar-refractivity contribution in [2.75, 3.05) is 5.73 Å². The van der Waals surface area contributed by atoms with E-state index in [4.69, 9.17) is 5.73 Å². The van der Waals surface area contributed by atoms with Crippen LogP contribution in [0.25, 0.3) is 0 Å². The Hall–Kier alpha value is -2.44. The first-order valence-electron chi connectivity index (χ1n) is 5.29. The molecule has 18 heavy (non-hydrogen) atoms. The van der Waals surface area contributed by atoms with Crippen LogP contribution >= 0.6 is 0 Å². The minimum absolute atomic E-state index is 0.0985. The first-order valence-corrected chi connectivity index (χ1v) is 5.29. The molecule has 2 aromatic rings. The summed E-state index contributed by atoms with van der Waals surface area (Å²) >= 11 is 0. The topological polar surface area (TPSA) is 96.7 Å². The highest BCUT2D eigenvalue weighted by Gasteiger charge is 2.16. The molecule has 1 aromatic carbocycles. The summed E-state index contributed by atoms with van der Waals surface area (Å²) in [5.41, 5.74) is 5.94. The number of nitrogen functional groups attached to an aromatic ring is 1. The number of nitrogens with two attached hydrogens (primary N) is 1. The predicted molar refractivity (Wildman–Crippen MR) is 63.1 cm³/mol. The fraction of sp³-hybridized carbons (Fsp3) is 0.182. The van der Waals surface area contributed by atoms with Crippen LogP contribution in [-0.4, -0.2) is 21.1 Å². The van der Waals surface area contributed by atoms with Crippen molar-refractivity contribution in [3.05, 3.63) is 41.7 Å². The first-order chi connectivity index (χ1) is 8.58. The summed E-state index contributed by atoms with van der Waals surface area (Å²) in [6.07, 6.45) is 1.34. The first kappa shape index (κ1) is 12.0. The molecule has 7 heteroatoms. The fourth-order valence-electron chi connectivity index (χ4n) is 1.49. The molecule has 0 bridgehead atoms. The number of H-pyrrole nitrogens is 1. The Morgan fingerprint density at radius 3 is 3.00 bits per heavy atom. The number of hydrogen-bond acceptors (Lipinski definition) is 4. The van der Waals surface area contributed by atoms with Gasteiger partial charge in [0, 0.05) is 5.69 Å². The zero-order valence-corrected chi connectivity index (χ0v) is 9.64. The molecule has 0 saturated heterocycles. The van der Waals surface area contributed by atoms with E-state index >= 15 is 0 Å². The lowest BCUT2D eigenvalue weighted by Gasteiger charge is -2.12. The highest BCUT2D eigenvalue weighted by molar-refractivity contribution is 5.99. The van der Waals surface area contributed by atoms with E-state index in [1.54, 1.807) is 6.92 Å². The number of nitrogens with zero attached hydrogens (tertiary/aromatic N) is 2. The number of halogens is 1. The van der Waals surface area contributed by atoms with Crippen LogP contribution in [0.2, 0.25) is 0 Å². The second kappa shape index (κ2) is 4.82. The third-order valence-corrected chi connectivity index (χ3v) is 2.45. The molecular weight excluding hydrogens is 237 g/mol. The molecule has 0 saturated carbocycles. The number of carbonyl (C=O) groups excluding carboxylic acids is 1. The second-order valence-electron chi connectivity index (χ2n) is 3.80. The Labute approximate surface area is 102 Å². The summed E-state index contributed by atoms with van der Waals surface area (Å²) < 4.78 is 13.1. The number of hydrogen-bond donors (Lipinski definition) is 3. The van der Waals surface area contributed by atoms with Crippen molar-refractivity contribution >= 4 is 11.6 Å². The minimum Gasteiger partial charge on any atom is -0.398 e. The Kier molecular flexibility index (Phi) is 3.22. The summed E-state index contributed by atoms with van der Waals surface area (Å²) in [5, 5.41) is 8.97. The van der Waals surface area contributed by atoms with Crippen molar-refractivity contribution in [2.45, 2.75) is 13.0 Å². The van der Waals surface area contributed by atoms with Crippen LogP contribution in [0.1, 0.15) is 29.1 Å². The van der Waals surface area contributed by atoms with Gasteiger partial charge in [-0.15, -0.1) is 0 Å². The molecule has 4 N–H and O–H groups in total. The van der Waals surface area contributed by atoms with Crippen molar-refractivity contribution in [3.63, 3.8) is 0 Å². The van der Waals surface area contributed by atoms with Crippen LogP contribution in [0, 0.1) is 5.82 Å². The highest BCUT2D eigenvalue weighted by atomic mass is 19.1. The number of anilines is 1. The molecular formula is C11H12FN5O. The molecule has 0 spiro atoms. The molecule has 1 aromatic heterocycles. The monoisotopic (exact) mass is 249 g/mol. The fourth-order valence-corrected chi connectivity index (χ4v) is 1.49. The van der Waals surface area contributed by atoms with Gasteiger partial charge in [0.05, 0.1) is 11.6 Å². The summed E-state index contributed by atoms with van der Waals surface area (Å²) in [6.45, 7) is 1.73. The average Bonchev–Trinajstić information content (AvgIpc) is 2.85. The van der Waals surface area contributed by atoms with E-state index in [0.717, 1.165) is 6.07 Å². The number of benzene rings is 1. The Bertz CT molecular complexity index is 555. The van der Waals surface area contributed by atoms with Gasteiger partial charge in [0.2, 0.25) is 0 Å². The summed E-state index contributed by atoms with van der Waals surface area (Å²) in [6, 6.07) is 3.27. The third-order valence-electron chi connectivity index (χ3n) is 2.45. The standard InChI is InChI=1S/C11H12FN5O/c1-6(10-14-5-15-17-10)16-11(18)8-4-7(12)2-3-9(8)13/h2-6H,13H2,1H3,(H,16,18)(H,14,15,17). The molecule has 0 aliphatic carbocycles. The number of aromatic amines is 1. The van der Waals surface area contributed by atoms with Gasteiger partial charge in [-0.2, -0.15) is 5.10 Å². The van der Waals surface area contributed by atoms with Crippen molar-refractivity contribution < 1.29 is 9.18 Å². The summed E-state index contributed by atoms with van der Waals surface area (Å²) in [4.78, 5) is 15.8. The van der Waals surface area contributed by atoms with E-state index in [0.29, 0.717) is 5.82 Å². The van der Waals surface area contributed by atoms with Gasteiger partial charge in [-0.05, 0) is 25.1 Å². The molecule has 1 amide bonds. The number of amides is 1. The smallest absolute Gasteiger partial charge is 0.254 e. The summed E-state index contributed by atoms with van der Waals surface area (Å²) in [7, 11) is 0.